The van der Waals surface area contributed by atoms with Crippen LogP contribution >= 0.6 is 0 Å². The fraction of sp³-hybridized carbons (Fsp3) is 0.917. The van der Waals surface area contributed by atoms with E-state index in [0.29, 0.717) is 12.2 Å². The van der Waals surface area contributed by atoms with Crippen LogP contribution in [0.3, 0.4) is 0 Å². The molecule has 2 bridgehead atoms. The molecule has 2 atom stereocenters. The van der Waals surface area contributed by atoms with Gasteiger partial charge in [0.15, 0.2) is 5.96 Å². The van der Waals surface area contributed by atoms with Gasteiger partial charge in [-0.2, -0.15) is 0 Å². The summed E-state index contributed by atoms with van der Waals surface area (Å²) in [6.45, 7) is 6.16. The molecule has 0 aromatic heterocycles. The summed E-state index contributed by atoms with van der Waals surface area (Å²) < 4.78 is 5.81. The number of likely N-dealkylation sites (tertiary alicyclic amines) is 2. The summed E-state index contributed by atoms with van der Waals surface area (Å²) in [6, 6.07) is 0. The number of hydrogen-bond acceptors (Lipinski definition) is 3. The Hall–Kier alpha value is -0.810. The first-order valence-electron chi connectivity index (χ1n) is 6.74. The van der Waals surface area contributed by atoms with Gasteiger partial charge in [-0.25, -0.2) is 0 Å². The SMILES string of the molecule is NC(=NCCN1CC2CCC(C1)O2)N1CCC1. The van der Waals surface area contributed by atoms with Gasteiger partial charge in [-0.3, -0.25) is 9.89 Å². The molecule has 0 saturated carbocycles. The lowest BCUT2D eigenvalue weighted by Gasteiger charge is -2.33. The second-order valence-electron chi connectivity index (χ2n) is 5.30. The van der Waals surface area contributed by atoms with Crippen molar-refractivity contribution in [3.05, 3.63) is 0 Å². The molecule has 3 aliphatic rings. The monoisotopic (exact) mass is 238 g/mol. The van der Waals surface area contributed by atoms with E-state index >= 15 is 0 Å². The zero-order chi connectivity index (χ0) is 11.7. The van der Waals surface area contributed by atoms with E-state index in [0.717, 1.165) is 45.2 Å². The lowest BCUT2D eigenvalue weighted by atomic mass is 10.2. The molecule has 0 aromatic carbocycles. The molecule has 3 heterocycles. The molecule has 3 fully saturated rings. The van der Waals surface area contributed by atoms with Crippen molar-refractivity contribution in [1.29, 1.82) is 0 Å². The lowest BCUT2D eigenvalue weighted by molar-refractivity contribution is -0.0370. The van der Waals surface area contributed by atoms with Gasteiger partial charge in [0, 0.05) is 32.7 Å². The molecular formula is C12H22N4O. The van der Waals surface area contributed by atoms with Gasteiger partial charge in [-0.05, 0) is 19.3 Å². The first-order chi connectivity index (χ1) is 8.31. The number of hydrogen-bond donors (Lipinski definition) is 1. The maximum absolute atomic E-state index is 5.89. The van der Waals surface area contributed by atoms with Gasteiger partial charge in [0.05, 0.1) is 18.8 Å². The topological polar surface area (TPSA) is 54.1 Å². The van der Waals surface area contributed by atoms with E-state index in [1.54, 1.807) is 0 Å². The summed E-state index contributed by atoms with van der Waals surface area (Å²) in [7, 11) is 0. The highest BCUT2D eigenvalue weighted by molar-refractivity contribution is 5.78. The van der Waals surface area contributed by atoms with Crippen LogP contribution in [0.1, 0.15) is 19.3 Å². The summed E-state index contributed by atoms with van der Waals surface area (Å²) in [6.07, 6.45) is 4.68. The summed E-state index contributed by atoms with van der Waals surface area (Å²) in [4.78, 5) is 9.06. The average molecular weight is 238 g/mol. The third-order valence-corrected chi connectivity index (χ3v) is 3.99. The Balaban J connectivity index is 1.42. The lowest BCUT2D eigenvalue weighted by Crippen LogP contribution is -2.47. The molecule has 0 aliphatic carbocycles. The number of guanidine groups is 1. The standard InChI is InChI=1S/C12H22N4O/c13-12(16-5-1-6-16)14-4-7-15-8-10-2-3-11(9-15)17-10/h10-11H,1-9H2,(H2,13,14). The smallest absolute Gasteiger partial charge is 0.191 e. The fourth-order valence-electron chi connectivity index (χ4n) is 2.83. The molecule has 96 valence electrons. The molecular weight excluding hydrogens is 216 g/mol. The highest BCUT2D eigenvalue weighted by atomic mass is 16.5. The molecule has 3 saturated heterocycles. The van der Waals surface area contributed by atoms with Crippen molar-refractivity contribution in [1.82, 2.24) is 9.80 Å². The Morgan fingerprint density at radius 2 is 1.94 bits per heavy atom. The molecule has 0 radical (unpaired) electrons. The number of fused-ring (bicyclic) bond motifs is 2. The normalized spacial score (nSPS) is 33.9. The van der Waals surface area contributed by atoms with Crippen LogP contribution in [0.15, 0.2) is 4.99 Å². The Kier molecular flexibility index (Phi) is 3.20. The average Bonchev–Trinajstić information content (AvgIpc) is 2.55. The molecule has 2 unspecified atom stereocenters. The third-order valence-electron chi connectivity index (χ3n) is 3.99. The number of nitrogens with two attached hydrogens (primary N) is 1. The number of aliphatic imine (C=N–C) groups is 1. The van der Waals surface area contributed by atoms with E-state index < -0.39 is 0 Å². The minimum Gasteiger partial charge on any atom is -0.372 e. The van der Waals surface area contributed by atoms with E-state index in [1.165, 1.54) is 19.3 Å². The summed E-state index contributed by atoms with van der Waals surface area (Å²) in [5, 5.41) is 0. The van der Waals surface area contributed by atoms with Crippen molar-refractivity contribution in [2.45, 2.75) is 31.5 Å². The van der Waals surface area contributed by atoms with E-state index in [-0.39, 0.29) is 0 Å². The zero-order valence-corrected chi connectivity index (χ0v) is 10.3. The zero-order valence-electron chi connectivity index (χ0n) is 10.3. The highest BCUT2D eigenvalue weighted by Gasteiger charge is 2.33. The predicted octanol–water partition coefficient (Wildman–Crippen LogP) is -0.130. The molecule has 0 amide bonds. The van der Waals surface area contributed by atoms with Crippen molar-refractivity contribution >= 4 is 5.96 Å². The van der Waals surface area contributed by atoms with Crippen molar-refractivity contribution in [2.24, 2.45) is 10.7 Å². The Morgan fingerprint density at radius 3 is 2.53 bits per heavy atom. The first-order valence-corrected chi connectivity index (χ1v) is 6.74. The van der Waals surface area contributed by atoms with Crippen molar-refractivity contribution < 1.29 is 4.74 Å². The molecule has 5 nitrogen and oxygen atoms in total. The van der Waals surface area contributed by atoms with Crippen LogP contribution in [0.4, 0.5) is 0 Å². The molecule has 3 rings (SSSR count). The van der Waals surface area contributed by atoms with E-state index in [9.17, 15) is 0 Å². The second kappa shape index (κ2) is 4.82. The van der Waals surface area contributed by atoms with Crippen LogP contribution in [0.2, 0.25) is 0 Å². The maximum atomic E-state index is 5.89. The van der Waals surface area contributed by atoms with E-state index in [2.05, 4.69) is 14.8 Å². The molecule has 5 heteroatoms. The van der Waals surface area contributed by atoms with Gasteiger partial charge in [0.25, 0.3) is 0 Å². The Morgan fingerprint density at radius 1 is 1.24 bits per heavy atom. The molecule has 0 spiro atoms. The number of morpholine rings is 1. The van der Waals surface area contributed by atoms with E-state index in [4.69, 9.17) is 10.5 Å². The van der Waals surface area contributed by atoms with Crippen LogP contribution in [0.5, 0.6) is 0 Å². The molecule has 2 N–H and O–H groups in total. The van der Waals surface area contributed by atoms with Gasteiger partial charge in [0.2, 0.25) is 0 Å². The quantitative estimate of drug-likeness (QED) is 0.550. The minimum atomic E-state index is 0.477. The number of nitrogens with zero attached hydrogens (tertiary/aromatic N) is 3. The van der Waals surface area contributed by atoms with E-state index in [1.807, 2.05) is 0 Å². The van der Waals surface area contributed by atoms with Crippen LogP contribution in [0.25, 0.3) is 0 Å². The van der Waals surface area contributed by atoms with Crippen LogP contribution < -0.4 is 5.73 Å². The van der Waals surface area contributed by atoms with Gasteiger partial charge >= 0.3 is 0 Å². The summed E-state index contributed by atoms with van der Waals surface area (Å²) >= 11 is 0. The van der Waals surface area contributed by atoms with Gasteiger partial charge in [0.1, 0.15) is 0 Å². The maximum Gasteiger partial charge on any atom is 0.191 e. The molecule has 17 heavy (non-hydrogen) atoms. The molecule has 0 aromatic rings. The molecule has 3 aliphatic heterocycles. The van der Waals surface area contributed by atoms with Gasteiger partial charge in [-0.15, -0.1) is 0 Å². The van der Waals surface area contributed by atoms with Gasteiger partial charge < -0.3 is 15.4 Å². The Labute approximate surface area is 103 Å². The summed E-state index contributed by atoms with van der Waals surface area (Å²) in [5.41, 5.74) is 5.89. The predicted molar refractivity (Wildman–Crippen MR) is 67.0 cm³/mol. The van der Waals surface area contributed by atoms with Crippen LogP contribution in [0, 0.1) is 0 Å². The van der Waals surface area contributed by atoms with Crippen molar-refractivity contribution in [3.63, 3.8) is 0 Å². The fourth-order valence-corrected chi connectivity index (χ4v) is 2.83. The minimum absolute atomic E-state index is 0.477. The number of rotatable bonds is 3. The van der Waals surface area contributed by atoms with Crippen molar-refractivity contribution in [2.75, 3.05) is 39.3 Å². The third kappa shape index (κ3) is 2.55. The Bertz CT molecular complexity index is 291. The summed E-state index contributed by atoms with van der Waals surface area (Å²) in [5.74, 6) is 0.729. The second-order valence-corrected chi connectivity index (χ2v) is 5.30. The number of ether oxygens (including phenoxy) is 1. The highest BCUT2D eigenvalue weighted by Crippen LogP contribution is 2.25. The van der Waals surface area contributed by atoms with Gasteiger partial charge in [-0.1, -0.05) is 0 Å². The van der Waals surface area contributed by atoms with Crippen LogP contribution in [-0.4, -0.2) is 67.2 Å². The van der Waals surface area contributed by atoms with Crippen LogP contribution in [-0.2, 0) is 4.74 Å². The van der Waals surface area contributed by atoms with Crippen molar-refractivity contribution in [3.8, 4) is 0 Å². The largest absolute Gasteiger partial charge is 0.372 e. The first kappa shape index (κ1) is 11.3.